The summed E-state index contributed by atoms with van der Waals surface area (Å²) in [6.07, 6.45) is 1.63. The van der Waals surface area contributed by atoms with Gasteiger partial charge in [0.25, 0.3) is 5.91 Å². The summed E-state index contributed by atoms with van der Waals surface area (Å²) in [6.45, 7) is 0.613. The molecule has 0 fully saturated rings. The number of rotatable bonds is 3. The van der Waals surface area contributed by atoms with Gasteiger partial charge >= 0.3 is 5.97 Å². The lowest BCUT2D eigenvalue weighted by Crippen LogP contribution is -2.39. The minimum absolute atomic E-state index is 0.0444. The highest BCUT2D eigenvalue weighted by Gasteiger charge is 2.38. The maximum Gasteiger partial charge on any atom is 0.337 e. The van der Waals surface area contributed by atoms with Crippen LogP contribution in [0.4, 0.5) is 0 Å². The quantitative estimate of drug-likeness (QED) is 0.486. The molecule has 0 bridgehead atoms. The first-order chi connectivity index (χ1) is 15.6. The molecule has 5 heteroatoms. The third-order valence-corrected chi connectivity index (χ3v) is 6.57. The summed E-state index contributed by atoms with van der Waals surface area (Å²) < 4.78 is 4.84. The van der Waals surface area contributed by atoms with Crippen LogP contribution in [-0.2, 0) is 11.2 Å². The van der Waals surface area contributed by atoms with Gasteiger partial charge in [-0.2, -0.15) is 0 Å². The molecule has 1 aliphatic carbocycles. The minimum atomic E-state index is -0.375. The van der Waals surface area contributed by atoms with Crippen molar-refractivity contribution in [3.05, 3.63) is 111 Å². The molecule has 1 aliphatic heterocycles. The summed E-state index contributed by atoms with van der Waals surface area (Å²) >= 11 is 6.17. The largest absolute Gasteiger partial charge is 0.465 e. The van der Waals surface area contributed by atoms with Gasteiger partial charge in [0.2, 0.25) is 0 Å². The number of halogens is 1. The molecule has 5 rings (SSSR count). The molecule has 1 unspecified atom stereocenters. The number of methoxy groups -OCH3 is 1. The predicted molar refractivity (Wildman–Crippen MR) is 125 cm³/mol. The Kier molecular flexibility index (Phi) is 5.32. The van der Waals surface area contributed by atoms with Gasteiger partial charge in [0.15, 0.2) is 0 Å². The van der Waals surface area contributed by atoms with Crippen molar-refractivity contribution in [3.63, 3.8) is 0 Å². The first-order valence-electron chi connectivity index (χ1n) is 10.6. The lowest BCUT2D eigenvalue weighted by atomic mass is 9.87. The molecule has 1 amide bonds. The maximum absolute atomic E-state index is 13.6. The van der Waals surface area contributed by atoms with Gasteiger partial charge in [-0.25, -0.2) is 4.79 Å². The number of amides is 1. The van der Waals surface area contributed by atoms with E-state index in [1.807, 2.05) is 17.0 Å². The van der Waals surface area contributed by atoms with Crippen LogP contribution in [-0.4, -0.2) is 30.4 Å². The van der Waals surface area contributed by atoms with Crippen molar-refractivity contribution in [1.29, 1.82) is 0 Å². The fourth-order valence-electron chi connectivity index (χ4n) is 4.87. The molecule has 160 valence electrons. The standard InChI is InChI=1S/C27H22ClNO3/c1-32-27(31)18-11-9-17(10-12-18)25-24-16-19-5-2-3-8-22(19)23(24)13-14-29(25)26(30)20-6-4-7-21(28)15-20/h2-12,15,25H,13-14,16H2,1H3. The van der Waals surface area contributed by atoms with Gasteiger partial charge in [0.05, 0.1) is 18.7 Å². The molecule has 0 saturated heterocycles. The van der Waals surface area contributed by atoms with Crippen molar-refractivity contribution in [1.82, 2.24) is 4.90 Å². The van der Waals surface area contributed by atoms with E-state index in [4.69, 9.17) is 16.3 Å². The third kappa shape index (κ3) is 3.51. The van der Waals surface area contributed by atoms with E-state index >= 15 is 0 Å². The van der Waals surface area contributed by atoms with E-state index in [1.165, 1.54) is 29.4 Å². The lowest BCUT2D eigenvalue weighted by molar-refractivity contribution is 0.0599. The highest BCUT2D eigenvalue weighted by atomic mass is 35.5. The molecule has 3 aromatic carbocycles. The molecule has 0 N–H and O–H groups in total. The molecule has 0 saturated carbocycles. The second kappa shape index (κ2) is 8.29. The van der Waals surface area contributed by atoms with Crippen LogP contribution in [0, 0.1) is 0 Å². The van der Waals surface area contributed by atoms with Crippen molar-refractivity contribution in [2.75, 3.05) is 13.7 Å². The van der Waals surface area contributed by atoms with Gasteiger partial charge in [-0.05, 0) is 71.0 Å². The average Bonchev–Trinajstić information content (AvgIpc) is 3.21. The zero-order chi connectivity index (χ0) is 22.2. The van der Waals surface area contributed by atoms with Crippen LogP contribution in [0.2, 0.25) is 5.02 Å². The number of carbonyl (C=O) groups excluding carboxylic acids is 2. The summed E-state index contributed by atoms with van der Waals surface area (Å²) in [5.74, 6) is -0.419. The first-order valence-corrected chi connectivity index (χ1v) is 11.0. The fraction of sp³-hybridized carbons (Fsp3) is 0.185. The number of ether oxygens (including phenoxy) is 1. The van der Waals surface area contributed by atoms with E-state index in [0.29, 0.717) is 22.7 Å². The van der Waals surface area contributed by atoms with Crippen LogP contribution in [0.1, 0.15) is 49.9 Å². The number of esters is 1. The summed E-state index contributed by atoms with van der Waals surface area (Å²) in [4.78, 5) is 27.4. The Bertz CT molecular complexity index is 1250. The normalized spacial score (nSPS) is 17.1. The molecule has 1 atom stereocenters. The molecule has 32 heavy (non-hydrogen) atoms. The summed E-state index contributed by atoms with van der Waals surface area (Å²) in [6, 6.07) is 22.7. The van der Waals surface area contributed by atoms with Crippen LogP contribution in [0.25, 0.3) is 5.57 Å². The summed E-state index contributed by atoms with van der Waals surface area (Å²) in [5.41, 5.74) is 7.21. The Balaban J connectivity index is 1.59. The number of benzene rings is 3. The smallest absolute Gasteiger partial charge is 0.337 e. The molecule has 0 aromatic heterocycles. The van der Waals surface area contributed by atoms with Gasteiger partial charge in [-0.3, -0.25) is 4.79 Å². The molecular formula is C27H22ClNO3. The SMILES string of the molecule is COC(=O)c1ccc(C2C3=C(CCN2C(=O)c2cccc(Cl)c2)c2ccccc2C3)cc1. The third-order valence-electron chi connectivity index (χ3n) is 6.34. The molecule has 2 aliphatic rings. The Labute approximate surface area is 192 Å². The van der Waals surface area contributed by atoms with Crippen molar-refractivity contribution >= 4 is 29.1 Å². The van der Waals surface area contributed by atoms with E-state index in [2.05, 4.69) is 24.3 Å². The maximum atomic E-state index is 13.6. The number of hydrogen-bond donors (Lipinski definition) is 0. The van der Waals surface area contributed by atoms with Gasteiger partial charge in [-0.1, -0.05) is 54.1 Å². The monoisotopic (exact) mass is 443 g/mol. The van der Waals surface area contributed by atoms with Crippen molar-refractivity contribution in [2.45, 2.75) is 18.9 Å². The number of carbonyl (C=O) groups is 2. The molecule has 3 aromatic rings. The van der Waals surface area contributed by atoms with Crippen LogP contribution in [0.15, 0.2) is 78.4 Å². The topological polar surface area (TPSA) is 46.6 Å². The number of nitrogens with zero attached hydrogens (tertiary/aromatic N) is 1. The van der Waals surface area contributed by atoms with Crippen LogP contribution < -0.4 is 0 Å². The van der Waals surface area contributed by atoms with Gasteiger partial charge in [-0.15, -0.1) is 0 Å². The van der Waals surface area contributed by atoms with Crippen molar-refractivity contribution in [3.8, 4) is 0 Å². The highest BCUT2D eigenvalue weighted by molar-refractivity contribution is 6.31. The zero-order valence-corrected chi connectivity index (χ0v) is 18.4. The predicted octanol–water partition coefficient (Wildman–Crippen LogP) is 5.72. The van der Waals surface area contributed by atoms with Crippen molar-refractivity contribution < 1.29 is 14.3 Å². The summed E-state index contributed by atoms with van der Waals surface area (Å²) in [7, 11) is 1.37. The van der Waals surface area contributed by atoms with Gasteiger partial charge in [0, 0.05) is 17.1 Å². The first kappa shape index (κ1) is 20.5. The minimum Gasteiger partial charge on any atom is -0.465 e. The molecular weight excluding hydrogens is 422 g/mol. The Morgan fingerprint density at radius 1 is 0.969 bits per heavy atom. The van der Waals surface area contributed by atoms with E-state index in [9.17, 15) is 9.59 Å². The fourth-order valence-corrected chi connectivity index (χ4v) is 5.06. The Hall–Kier alpha value is -3.37. The molecule has 0 radical (unpaired) electrons. The summed E-state index contributed by atoms with van der Waals surface area (Å²) in [5, 5.41) is 0.542. The zero-order valence-electron chi connectivity index (χ0n) is 17.7. The van der Waals surface area contributed by atoms with E-state index in [-0.39, 0.29) is 17.9 Å². The highest BCUT2D eigenvalue weighted by Crippen LogP contribution is 2.47. The molecule has 0 spiro atoms. The molecule has 1 heterocycles. The van der Waals surface area contributed by atoms with E-state index in [1.54, 1.807) is 36.4 Å². The second-order valence-electron chi connectivity index (χ2n) is 8.11. The van der Waals surface area contributed by atoms with Gasteiger partial charge in [0.1, 0.15) is 0 Å². The average molecular weight is 444 g/mol. The Morgan fingerprint density at radius 2 is 1.75 bits per heavy atom. The van der Waals surface area contributed by atoms with Crippen molar-refractivity contribution in [2.24, 2.45) is 0 Å². The second-order valence-corrected chi connectivity index (χ2v) is 8.55. The van der Waals surface area contributed by atoms with E-state index in [0.717, 1.165) is 18.4 Å². The van der Waals surface area contributed by atoms with Crippen LogP contribution >= 0.6 is 11.6 Å². The molecule has 4 nitrogen and oxygen atoms in total. The number of hydrogen-bond acceptors (Lipinski definition) is 3. The Morgan fingerprint density at radius 3 is 2.50 bits per heavy atom. The van der Waals surface area contributed by atoms with Gasteiger partial charge < -0.3 is 9.64 Å². The number of fused-ring (bicyclic) bond motifs is 2. The lowest BCUT2D eigenvalue weighted by Gasteiger charge is -2.38. The van der Waals surface area contributed by atoms with Crippen LogP contribution in [0.3, 0.4) is 0 Å². The van der Waals surface area contributed by atoms with E-state index < -0.39 is 0 Å². The van der Waals surface area contributed by atoms with Crippen LogP contribution in [0.5, 0.6) is 0 Å².